The van der Waals surface area contributed by atoms with Crippen LogP contribution < -0.4 is 20.1 Å². The van der Waals surface area contributed by atoms with Gasteiger partial charge in [0.1, 0.15) is 0 Å². The molecule has 2 aromatic rings. The molecule has 1 heterocycles. The number of amides is 2. The van der Waals surface area contributed by atoms with Crippen LogP contribution in [0.5, 0.6) is 11.5 Å². The Morgan fingerprint density at radius 3 is 2.39 bits per heavy atom. The number of fused-ring (bicyclic) bond motifs is 1. The van der Waals surface area contributed by atoms with Gasteiger partial charge in [-0.2, -0.15) is 0 Å². The fraction of sp³-hybridized carbons (Fsp3) is 0.364. The van der Waals surface area contributed by atoms with Gasteiger partial charge in [0.25, 0.3) is 0 Å². The lowest BCUT2D eigenvalue weighted by Crippen LogP contribution is -2.39. The Morgan fingerprint density at radius 2 is 1.68 bits per heavy atom. The predicted octanol–water partition coefficient (Wildman–Crippen LogP) is 4.44. The fourth-order valence-corrected chi connectivity index (χ4v) is 3.61. The van der Waals surface area contributed by atoms with E-state index in [0.717, 1.165) is 12.8 Å². The SMILES string of the molecule is CCCN(CC(=O)Nc1ccc2c(c1)OCCCO2)CC(=O)Nc1ccc(Cl)cc1Cl. The van der Waals surface area contributed by atoms with Crippen molar-refractivity contribution in [3.05, 3.63) is 46.4 Å². The van der Waals surface area contributed by atoms with E-state index >= 15 is 0 Å². The van der Waals surface area contributed by atoms with Gasteiger partial charge in [-0.25, -0.2) is 0 Å². The largest absolute Gasteiger partial charge is 0.490 e. The summed E-state index contributed by atoms with van der Waals surface area (Å²) in [6, 6.07) is 10.1. The van der Waals surface area contributed by atoms with Crippen LogP contribution in [0.3, 0.4) is 0 Å². The number of halogens is 2. The van der Waals surface area contributed by atoms with E-state index in [0.29, 0.717) is 52.7 Å². The van der Waals surface area contributed by atoms with E-state index in [9.17, 15) is 9.59 Å². The minimum atomic E-state index is -0.263. The molecule has 1 aliphatic rings. The quantitative estimate of drug-likeness (QED) is 0.601. The summed E-state index contributed by atoms with van der Waals surface area (Å²) in [5.74, 6) is 0.793. The van der Waals surface area contributed by atoms with Crippen LogP contribution in [0.2, 0.25) is 10.0 Å². The Kier molecular flexibility index (Phi) is 8.40. The molecule has 166 valence electrons. The zero-order valence-corrected chi connectivity index (χ0v) is 18.8. The van der Waals surface area contributed by atoms with Gasteiger partial charge < -0.3 is 20.1 Å². The number of rotatable bonds is 8. The van der Waals surface area contributed by atoms with E-state index in [4.69, 9.17) is 32.7 Å². The molecule has 0 spiro atoms. The summed E-state index contributed by atoms with van der Waals surface area (Å²) in [4.78, 5) is 26.8. The Labute approximate surface area is 191 Å². The molecule has 3 rings (SSSR count). The maximum Gasteiger partial charge on any atom is 0.238 e. The van der Waals surface area contributed by atoms with E-state index in [2.05, 4.69) is 10.6 Å². The first kappa shape index (κ1) is 23.2. The average Bonchev–Trinajstić information content (AvgIpc) is 2.95. The van der Waals surface area contributed by atoms with Gasteiger partial charge in [-0.05, 0) is 43.3 Å². The molecular formula is C22H25Cl2N3O4. The van der Waals surface area contributed by atoms with Crippen LogP contribution in [-0.4, -0.2) is 49.6 Å². The highest BCUT2D eigenvalue weighted by Gasteiger charge is 2.17. The number of carbonyl (C=O) groups is 2. The van der Waals surface area contributed by atoms with Crippen molar-refractivity contribution in [3.63, 3.8) is 0 Å². The second kappa shape index (κ2) is 11.2. The van der Waals surface area contributed by atoms with Crippen molar-refractivity contribution >= 4 is 46.4 Å². The summed E-state index contributed by atoms with van der Waals surface area (Å²) in [6.07, 6.45) is 1.61. The molecule has 0 aliphatic carbocycles. The van der Waals surface area contributed by atoms with Gasteiger partial charge in [-0.3, -0.25) is 14.5 Å². The molecule has 7 nitrogen and oxygen atoms in total. The molecule has 1 aliphatic heterocycles. The molecule has 0 radical (unpaired) electrons. The molecule has 2 N–H and O–H groups in total. The maximum atomic E-state index is 12.6. The molecule has 0 aromatic heterocycles. The number of nitrogens with zero attached hydrogens (tertiary/aromatic N) is 1. The lowest BCUT2D eigenvalue weighted by Gasteiger charge is -2.21. The molecule has 31 heavy (non-hydrogen) atoms. The molecule has 0 unspecified atom stereocenters. The van der Waals surface area contributed by atoms with Crippen molar-refractivity contribution < 1.29 is 19.1 Å². The molecule has 0 atom stereocenters. The molecule has 9 heteroatoms. The van der Waals surface area contributed by atoms with Crippen molar-refractivity contribution in [3.8, 4) is 11.5 Å². The van der Waals surface area contributed by atoms with E-state index < -0.39 is 0 Å². The Balaban J connectivity index is 1.57. The topological polar surface area (TPSA) is 79.9 Å². The van der Waals surface area contributed by atoms with Gasteiger partial charge >= 0.3 is 0 Å². The van der Waals surface area contributed by atoms with E-state index in [1.807, 2.05) is 6.92 Å². The van der Waals surface area contributed by atoms with Crippen LogP contribution >= 0.6 is 23.2 Å². The van der Waals surface area contributed by atoms with E-state index in [1.165, 1.54) is 0 Å². The lowest BCUT2D eigenvalue weighted by atomic mass is 10.2. The number of ether oxygens (including phenoxy) is 2. The number of nitrogens with one attached hydrogen (secondary N) is 2. The second-order valence-corrected chi connectivity index (χ2v) is 7.99. The minimum absolute atomic E-state index is 0.0569. The number of hydrogen-bond donors (Lipinski definition) is 2. The Morgan fingerprint density at radius 1 is 0.968 bits per heavy atom. The molecular weight excluding hydrogens is 441 g/mol. The van der Waals surface area contributed by atoms with Gasteiger partial charge in [0.05, 0.1) is 37.0 Å². The molecule has 0 saturated carbocycles. The summed E-state index contributed by atoms with van der Waals surface area (Å²) in [7, 11) is 0. The molecule has 2 amide bonds. The number of benzene rings is 2. The smallest absolute Gasteiger partial charge is 0.238 e. The van der Waals surface area contributed by atoms with Gasteiger partial charge in [-0.15, -0.1) is 0 Å². The van der Waals surface area contributed by atoms with Crippen LogP contribution in [0.25, 0.3) is 0 Å². The van der Waals surface area contributed by atoms with Crippen LogP contribution in [0.1, 0.15) is 19.8 Å². The standard InChI is InChI=1S/C22H25Cl2N3O4/c1-2-8-27(14-22(29)26-18-6-4-15(23)11-17(18)24)13-21(28)25-16-5-7-19-20(12-16)31-10-3-9-30-19/h4-7,11-12H,2-3,8-10,13-14H2,1H3,(H,25,28)(H,26,29). The fourth-order valence-electron chi connectivity index (χ4n) is 3.16. The van der Waals surface area contributed by atoms with Crippen LogP contribution in [0.4, 0.5) is 11.4 Å². The number of hydrogen-bond acceptors (Lipinski definition) is 5. The highest BCUT2D eigenvalue weighted by atomic mass is 35.5. The third-order valence-electron chi connectivity index (χ3n) is 4.51. The first-order valence-corrected chi connectivity index (χ1v) is 10.9. The molecule has 0 saturated heterocycles. The normalized spacial score (nSPS) is 12.9. The van der Waals surface area contributed by atoms with Gasteiger partial charge in [-0.1, -0.05) is 30.1 Å². The lowest BCUT2D eigenvalue weighted by molar-refractivity contribution is -0.120. The minimum Gasteiger partial charge on any atom is -0.490 e. The third kappa shape index (κ3) is 7.02. The van der Waals surface area contributed by atoms with Crippen LogP contribution in [0, 0.1) is 0 Å². The summed E-state index contributed by atoms with van der Waals surface area (Å²) in [6.45, 7) is 3.89. The van der Waals surface area contributed by atoms with Gasteiger partial charge in [0.15, 0.2) is 11.5 Å². The van der Waals surface area contributed by atoms with Crippen molar-refractivity contribution in [1.82, 2.24) is 4.90 Å². The molecule has 0 bridgehead atoms. The van der Waals surface area contributed by atoms with Crippen LogP contribution in [-0.2, 0) is 9.59 Å². The molecule has 2 aromatic carbocycles. The monoisotopic (exact) mass is 465 g/mol. The summed E-state index contributed by atoms with van der Waals surface area (Å²) in [5.41, 5.74) is 1.09. The number of carbonyl (C=O) groups excluding carboxylic acids is 2. The third-order valence-corrected chi connectivity index (χ3v) is 5.06. The summed E-state index contributed by atoms with van der Waals surface area (Å²) >= 11 is 12.0. The van der Waals surface area contributed by atoms with Crippen molar-refractivity contribution in [1.29, 1.82) is 0 Å². The van der Waals surface area contributed by atoms with E-state index in [1.54, 1.807) is 41.3 Å². The van der Waals surface area contributed by atoms with Gasteiger partial charge in [0, 0.05) is 23.2 Å². The first-order chi connectivity index (χ1) is 14.9. The molecule has 0 fully saturated rings. The first-order valence-electron chi connectivity index (χ1n) is 10.1. The van der Waals surface area contributed by atoms with Crippen LogP contribution in [0.15, 0.2) is 36.4 Å². The number of anilines is 2. The highest BCUT2D eigenvalue weighted by Crippen LogP contribution is 2.32. The summed E-state index contributed by atoms with van der Waals surface area (Å²) in [5, 5.41) is 6.46. The summed E-state index contributed by atoms with van der Waals surface area (Å²) < 4.78 is 11.3. The Hall–Kier alpha value is -2.48. The maximum absolute atomic E-state index is 12.6. The zero-order valence-electron chi connectivity index (χ0n) is 17.2. The van der Waals surface area contributed by atoms with Crippen molar-refractivity contribution in [2.45, 2.75) is 19.8 Å². The highest BCUT2D eigenvalue weighted by molar-refractivity contribution is 6.36. The van der Waals surface area contributed by atoms with Crippen molar-refractivity contribution in [2.24, 2.45) is 0 Å². The second-order valence-electron chi connectivity index (χ2n) is 7.14. The van der Waals surface area contributed by atoms with Gasteiger partial charge in [0.2, 0.25) is 11.8 Å². The van der Waals surface area contributed by atoms with Crippen molar-refractivity contribution in [2.75, 3.05) is 43.5 Å². The predicted molar refractivity (Wildman–Crippen MR) is 123 cm³/mol. The Bertz CT molecular complexity index is 939. The average molecular weight is 466 g/mol. The zero-order chi connectivity index (χ0) is 22.2. The van der Waals surface area contributed by atoms with E-state index in [-0.39, 0.29) is 24.9 Å².